The summed E-state index contributed by atoms with van der Waals surface area (Å²) < 4.78 is 23.1. The summed E-state index contributed by atoms with van der Waals surface area (Å²) in [4.78, 5) is 13.8. The number of primary sulfonamides is 1. The standard InChI is InChI=1S/C14H22N2O3S/c1-4-5-6-9-16(3)14(17)12-10-11(2)7-8-13(12)20(15,18)19/h7-8,10H,4-6,9H2,1-3H3,(H2,15,18,19). The van der Waals surface area contributed by atoms with Crippen molar-refractivity contribution in [2.75, 3.05) is 13.6 Å². The molecule has 0 heterocycles. The first-order valence-electron chi connectivity index (χ1n) is 6.66. The molecular formula is C14H22N2O3S. The first-order valence-corrected chi connectivity index (χ1v) is 8.21. The Balaban J connectivity index is 3.06. The summed E-state index contributed by atoms with van der Waals surface area (Å²) in [5.41, 5.74) is 0.967. The van der Waals surface area contributed by atoms with Crippen LogP contribution in [0.3, 0.4) is 0 Å². The fourth-order valence-corrected chi connectivity index (χ4v) is 2.68. The van der Waals surface area contributed by atoms with Crippen molar-refractivity contribution in [1.82, 2.24) is 4.90 Å². The Morgan fingerprint density at radius 3 is 2.50 bits per heavy atom. The van der Waals surface area contributed by atoms with Crippen LogP contribution in [-0.2, 0) is 10.0 Å². The fraction of sp³-hybridized carbons (Fsp3) is 0.500. The maximum atomic E-state index is 12.4. The van der Waals surface area contributed by atoms with Crippen LogP contribution in [0.5, 0.6) is 0 Å². The minimum Gasteiger partial charge on any atom is -0.342 e. The lowest BCUT2D eigenvalue weighted by Crippen LogP contribution is -2.30. The summed E-state index contributed by atoms with van der Waals surface area (Å²) in [5.74, 6) is -0.311. The van der Waals surface area contributed by atoms with Crippen molar-refractivity contribution in [3.8, 4) is 0 Å². The van der Waals surface area contributed by atoms with Gasteiger partial charge in [0, 0.05) is 13.6 Å². The van der Waals surface area contributed by atoms with E-state index in [4.69, 9.17) is 5.14 Å². The van der Waals surface area contributed by atoms with Gasteiger partial charge in [-0.3, -0.25) is 4.79 Å². The molecule has 112 valence electrons. The Labute approximate surface area is 120 Å². The number of carbonyl (C=O) groups excluding carboxylic acids is 1. The molecule has 0 radical (unpaired) electrons. The van der Waals surface area contributed by atoms with Crippen molar-refractivity contribution in [2.45, 2.75) is 38.0 Å². The lowest BCUT2D eigenvalue weighted by atomic mass is 10.1. The number of nitrogens with two attached hydrogens (primary N) is 1. The molecule has 0 aliphatic heterocycles. The van der Waals surface area contributed by atoms with E-state index in [-0.39, 0.29) is 16.4 Å². The van der Waals surface area contributed by atoms with Crippen LogP contribution in [0.2, 0.25) is 0 Å². The molecule has 6 heteroatoms. The molecule has 0 unspecified atom stereocenters. The lowest BCUT2D eigenvalue weighted by Gasteiger charge is -2.18. The zero-order chi connectivity index (χ0) is 15.3. The van der Waals surface area contributed by atoms with Crippen LogP contribution in [0.15, 0.2) is 23.1 Å². The second kappa shape index (κ2) is 6.85. The summed E-state index contributed by atoms with van der Waals surface area (Å²) in [6.45, 7) is 4.49. The first-order chi connectivity index (χ1) is 9.27. The zero-order valence-electron chi connectivity index (χ0n) is 12.2. The van der Waals surface area contributed by atoms with Crippen molar-refractivity contribution in [1.29, 1.82) is 0 Å². The predicted molar refractivity (Wildman–Crippen MR) is 79.0 cm³/mol. The van der Waals surface area contributed by atoms with Gasteiger partial charge in [-0.25, -0.2) is 13.6 Å². The van der Waals surface area contributed by atoms with E-state index in [1.807, 2.05) is 0 Å². The highest BCUT2D eigenvalue weighted by Gasteiger charge is 2.21. The van der Waals surface area contributed by atoms with Gasteiger partial charge in [0.2, 0.25) is 10.0 Å². The highest BCUT2D eigenvalue weighted by molar-refractivity contribution is 7.89. The van der Waals surface area contributed by atoms with Crippen LogP contribution in [0.25, 0.3) is 0 Å². The van der Waals surface area contributed by atoms with Gasteiger partial charge >= 0.3 is 0 Å². The summed E-state index contributed by atoms with van der Waals surface area (Å²) in [5, 5.41) is 5.17. The Bertz CT molecular complexity index is 582. The van der Waals surface area contributed by atoms with E-state index in [1.54, 1.807) is 31.0 Å². The third-order valence-electron chi connectivity index (χ3n) is 3.12. The number of hydrogen-bond acceptors (Lipinski definition) is 3. The van der Waals surface area contributed by atoms with Crippen molar-refractivity contribution in [3.63, 3.8) is 0 Å². The number of unbranched alkanes of at least 4 members (excludes halogenated alkanes) is 2. The molecule has 0 aliphatic rings. The van der Waals surface area contributed by atoms with E-state index in [1.165, 1.54) is 6.07 Å². The Kier molecular flexibility index (Phi) is 5.71. The number of benzene rings is 1. The number of hydrogen-bond donors (Lipinski definition) is 1. The molecule has 0 spiro atoms. The molecule has 0 aromatic heterocycles. The maximum Gasteiger partial charge on any atom is 0.254 e. The summed E-state index contributed by atoms with van der Waals surface area (Å²) >= 11 is 0. The molecule has 5 nitrogen and oxygen atoms in total. The van der Waals surface area contributed by atoms with Crippen LogP contribution in [0, 0.1) is 6.92 Å². The molecular weight excluding hydrogens is 276 g/mol. The fourth-order valence-electron chi connectivity index (χ4n) is 1.97. The van der Waals surface area contributed by atoms with E-state index in [0.29, 0.717) is 6.54 Å². The smallest absolute Gasteiger partial charge is 0.254 e. The second-order valence-electron chi connectivity index (χ2n) is 4.98. The minimum atomic E-state index is -3.90. The topological polar surface area (TPSA) is 80.5 Å². The highest BCUT2D eigenvalue weighted by atomic mass is 32.2. The number of carbonyl (C=O) groups is 1. The quantitative estimate of drug-likeness (QED) is 0.815. The molecule has 0 saturated carbocycles. The molecule has 0 saturated heterocycles. The summed E-state index contributed by atoms with van der Waals surface area (Å²) in [7, 11) is -2.23. The summed E-state index contributed by atoms with van der Waals surface area (Å²) in [6.07, 6.45) is 3.00. The van der Waals surface area contributed by atoms with Crippen LogP contribution in [0.4, 0.5) is 0 Å². The molecule has 1 rings (SSSR count). The molecule has 0 fully saturated rings. The lowest BCUT2D eigenvalue weighted by molar-refractivity contribution is 0.0789. The van der Waals surface area contributed by atoms with Crippen molar-refractivity contribution < 1.29 is 13.2 Å². The maximum absolute atomic E-state index is 12.4. The molecule has 0 aliphatic carbocycles. The minimum absolute atomic E-state index is 0.115. The van der Waals surface area contributed by atoms with Crippen LogP contribution in [0.1, 0.15) is 42.1 Å². The van der Waals surface area contributed by atoms with Gasteiger partial charge in [0.25, 0.3) is 5.91 Å². The molecule has 1 aromatic carbocycles. The van der Waals surface area contributed by atoms with E-state index in [9.17, 15) is 13.2 Å². The number of nitrogens with zero attached hydrogens (tertiary/aromatic N) is 1. The van der Waals surface area contributed by atoms with Gasteiger partial charge in [-0.15, -0.1) is 0 Å². The SMILES string of the molecule is CCCCCN(C)C(=O)c1cc(C)ccc1S(N)(=O)=O. The first kappa shape index (κ1) is 16.7. The highest BCUT2D eigenvalue weighted by Crippen LogP contribution is 2.18. The zero-order valence-corrected chi connectivity index (χ0v) is 13.0. The average Bonchev–Trinajstić information content (AvgIpc) is 2.36. The molecule has 1 amide bonds. The van der Waals surface area contributed by atoms with E-state index in [0.717, 1.165) is 24.8 Å². The average molecular weight is 298 g/mol. The monoisotopic (exact) mass is 298 g/mol. The van der Waals surface area contributed by atoms with Gasteiger partial charge in [-0.05, 0) is 25.5 Å². The largest absolute Gasteiger partial charge is 0.342 e. The van der Waals surface area contributed by atoms with E-state index < -0.39 is 10.0 Å². The molecule has 1 aromatic rings. The van der Waals surface area contributed by atoms with E-state index >= 15 is 0 Å². The summed E-state index contributed by atoms with van der Waals surface area (Å²) in [6, 6.07) is 4.59. The van der Waals surface area contributed by atoms with Crippen LogP contribution < -0.4 is 5.14 Å². The number of amides is 1. The Morgan fingerprint density at radius 1 is 1.30 bits per heavy atom. The Hall–Kier alpha value is -1.40. The van der Waals surface area contributed by atoms with Gasteiger partial charge in [0.15, 0.2) is 0 Å². The second-order valence-corrected chi connectivity index (χ2v) is 6.51. The third-order valence-corrected chi connectivity index (χ3v) is 4.08. The normalized spacial score (nSPS) is 11.4. The molecule has 20 heavy (non-hydrogen) atoms. The number of aryl methyl sites for hydroxylation is 1. The van der Waals surface area contributed by atoms with Gasteiger partial charge in [0.05, 0.1) is 10.5 Å². The van der Waals surface area contributed by atoms with Crippen molar-refractivity contribution in [3.05, 3.63) is 29.3 Å². The van der Waals surface area contributed by atoms with Gasteiger partial charge in [-0.1, -0.05) is 31.4 Å². The van der Waals surface area contributed by atoms with Crippen molar-refractivity contribution in [2.24, 2.45) is 5.14 Å². The molecule has 0 bridgehead atoms. The van der Waals surface area contributed by atoms with Gasteiger partial charge < -0.3 is 4.90 Å². The van der Waals surface area contributed by atoms with Crippen molar-refractivity contribution >= 4 is 15.9 Å². The number of sulfonamides is 1. The Morgan fingerprint density at radius 2 is 1.95 bits per heavy atom. The van der Waals surface area contributed by atoms with Crippen LogP contribution >= 0.6 is 0 Å². The van der Waals surface area contributed by atoms with Gasteiger partial charge in [-0.2, -0.15) is 0 Å². The molecule has 2 N–H and O–H groups in total. The molecule has 0 atom stereocenters. The van der Waals surface area contributed by atoms with Crippen LogP contribution in [-0.4, -0.2) is 32.8 Å². The third kappa shape index (κ3) is 4.31. The predicted octanol–water partition coefficient (Wildman–Crippen LogP) is 1.90. The number of rotatable bonds is 6. The van der Waals surface area contributed by atoms with Gasteiger partial charge in [0.1, 0.15) is 0 Å². The van der Waals surface area contributed by atoms with E-state index in [2.05, 4.69) is 6.92 Å².